The van der Waals surface area contributed by atoms with Gasteiger partial charge in [-0.2, -0.15) is 0 Å². The Morgan fingerprint density at radius 1 is 1.09 bits per heavy atom. The number of ether oxygens (including phenoxy) is 1. The molecule has 1 aliphatic carbocycles. The molecule has 0 fully saturated rings. The molecule has 186 valence electrons. The number of carbonyl (C=O) groups is 1. The predicted octanol–water partition coefficient (Wildman–Crippen LogP) is 5.66. The maximum Gasteiger partial charge on any atom is 0.410 e. The molecular formula is C25H25F3N2O4S. The molecule has 1 unspecified atom stereocenters. The Bertz CT molecular complexity index is 1410. The molecule has 1 aromatic heterocycles. The summed E-state index contributed by atoms with van der Waals surface area (Å²) in [5, 5.41) is 0. The van der Waals surface area contributed by atoms with E-state index in [4.69, 9.17) is 4.74 Å². The van der Waals surface area contributed by atoms with Crippen LogP contribution in [-0.2, 0) is 21.2 Å². The Morgan fingerprint density at radius 2 is 1.77 bits per heavy atom. The van der Waals surface area contributed by atoms with Gasteiger partial charge in [0.1, 0.15) is 23.1 Å². The standard InChI is InChI=1S/C25H25F3N2O4S/c1-25(2,3)34-24(31)29(4)22-11-10-18-20(22)14-30(23(18)19-9-8-16(27)13-21(19)28)35(32,33)17-7-5-6-15(26)12-17/h5-9,12-14,22H,10-11H2,1-4H3. The molecular weight excluding hydrogens is 481 g/mol. The predicted molar refractivity (Wildman–Crippen MR) is 124 cm³/mol. The lowest BCUT2D eigenvalue weighted by molar-refractivity contribution is 0.0220. The average molecular weight is 507 g/mol. The Morgan fingerprint density at radius 3 is 2.40 bits per heavy atom. The van der Waals surface area contributed by atoms with Gasteiger partial charge in [0.05, 0.1) is 16.6 Å². The largest absolute Gasteiger partial charge is 0.444 e. The number of hydrogen-bond acceptors (Lipinski definition) is 4. The van der Waals surface area contributed by atoms with Crippen molar-refractivity contribution in [2.45, 2.75) is 50.2 Å². The van der Waals surface area contributed by atoms with Crippen molar-refractivity contribution in [2.75, 3.05) is 7.05 Å². The number of fused-ring (bicyclic) bond motifs is 1. The molecule has 0 N–H and O–H groups in total. The van der Waals surface area contributed by atoms with Crippen LogP contribution in [0.1, 0.15) is 44.4 Å². The quantitative estimate of drug-likeness (QED) is 0.458. The van der Waals surface area contributed by atoms with Crippen LogP contribution in [0.15, 0.2) is 53.6 Å². The highest BCUT2D eigenvalue weighted by Crippen LogP contribution is 2.44. The van der Waals surface area contributed by atoms with E-state index in [1.807, 2.05) is 0 Å². The topological polar surface area (TPSA) is 68.6 Å². The van der Waals surface area contributed by atoms with E-state index in [2.05, 4.69) is 0 Å². The Kier molecular flexibility index (Phi) is 6.21. The molecule has 1 heterocycles. The first-order chi connectivity index (χ1) is 16.3. The number of nitrogens with zero attached hydrogens (tertiary/aromatic N) is 2. The van der Waals surface area contributed by atoms with Crippen LogP contribution in [0.5, 0.6) is 0 Å². The monoisotopic (exact) mass is 506 g/mol. The van der Waals surface area contributed by atoms with Crippen LogP contribution in [0.2, 0.25) is 0 Å². The SMILES string of the molecule is CN(C(=O)OC(C)(C)C)C1CCc2c1cn(S(=O)(=O)c1cccc(F)c1)c2-c1ccc(F)cc1F. The minimum atomic E-state index is -4.36. The van der Waals surface area contributed by atoms with Crippen molar-refractivity contribution < 1.29 is 31.1 Å². The van der Waals surface area contributed by atoms with Crippen molar-refractivity contribution in [3.63, 3.8) is 0 Å². The van der Waals surface area contributed by atoms with E-state index >= 15 is 0 Å². The molecule has 35 heavy (non-hydrogen) atoms. The maximum absolute atomic E-state index is 14.9. The highest BCUT2D eigenvalue weighted by Gasteiger charge is 2.37. The smallest absolute Gasteiger partial charge is 0.410 e. The van der Waals surface area contributed by atoms with E-state index in [9.17, 15) is 26.4 Å². The molecule has 0 aliphatic heterocycles. The van der Waals surface area contributed by atoms with Crippen molar-refractivity contribution in [1.82, 2.24) is 8.87 Å². The molecule has 1 amide bonds. The van der Waals surface area contributed by atoms with Crippen LogP contribution < -0.4 is 0 Å². The van der Waals surface area contributed by atoms with Gasteiger partial charge in [-0.25, -0.2) is 30.4 Å². The molecule has 3 aromatic rings. The third kappa shape index (κ3) is 4.67. The molecule has 1 aliphatic rings. The second-order valence-electron chi connectivity index (χ2n) is 9.44. The van der Waals surface area contributed by atoms with Gasteiger partial charge in [0.25, 0.3) is 10.0 Å². The molecule has 4 rings (SSSR count). The van der Waals surface area contributed by atoms with Gasteiger partial charge in [0.2, 0.25) is 0 Å². The summed E-state index contributed by atoms with van der Waals surface area (Å²) >= 11 is 0. The van der Waals surface area contributed by atoms with Crippen molar-refractivity contribution in [2.24, 2.45) is 0 Å². The van der Waals surface area contributed by atoms with Crippen molar-refractivity contribution >= 4 is 16.1 Å². The second kappa shape index (κ2) is 8.75. The van der Waals surface area contributed by atoms with Crippen molar-refractivity contribution in [3.05, 3.63) is 77.2 Å². The number of amides is 1. The molecule has 6 nitrogen and oxygen atoms in total. The first kappa shape index (κ1) is 24.8. The first-order valence-electron chi connectivity index (χ1n) is 11.0. The number of benzene rings is 2. The molecule has 0 bridgehead atoms. The minimum absolute atomic E-state index is 0.0156. The summed E-state index contributed by atoms with van der Waals surface area (Å²) in [6.45, 7) is 5.20. The van der Waals surface area contributed by atoms with E-state index in [0.717, 1.165) is 22.2 Å². The highest BCUT2D eigenvalue weighted by atomic mass is 32.2. The molecule has 0 saturated heterocycles. The zero-order valence-corrected chi connectivity index (χ0v) is 20.5. The van der Waals surface area contributed by atoms with E-state index in [1.165, 1.54) is 29.3 Å². The Balaban J connectivity index is 1.90. The highest BCUT2D eigenvalue weighted by molar-refractivity contribution is 7.90. The third-order valence-corrected chi connectivity index (χ3v) is 7.48. The summed E-state index contributed by atoms with van der Waals surface area (Å²) in [7, 11) is -2.82. The fourth-order valence-electron chi connectivity index (χ4n) is 4.28. The van der Waals surface area contributed by atoms with Crippen molar-refractivity contribution in [1.29, 1.82) is 0 Å². The second-order valence-corrected chi connectivity index (χ2v) is 11.3. The van der Waals surface area contributed by atoms with Gasteiger partial charge in [0.15, 0.2) is 0 Å². The van der Waals surface area contributed by atoms with Gasteiger partial charge in [-0.05, 0) is 75.1 Å². The van der Waals surface area contributed by atoms with E-state index < -0.39 is 45.2 Å². The fourth-order valence-corrected chi connectivity index (χ4v) is 5.72. The number of hydrogen-bond donors (Lipinski definition) is 0. The number of halogens is 3. The normalized spacial score (nSPS) is 15.7. The fraction of sp³-hybridized carbons (Fsp3) is 0.320. The number of rotatable bonds is 4. The minimum Gasteiger partial charge on any atom is -0.444 e. The van der Waals surface area contributed by atoms with Gasteiger partial charge in [0, 0.05) is 24.9 Å². The molecule has 0 spiro atoms. The molecule has 10 heteroatoms. The van der Waals surface area contributed by atoms with E-state index in [0.29, 0.717) is 30.0 Å². The van der Waals surface area contributed by atoms with Crippen molar-refractivity contribution in [3.8, 4) is 11.3 Å². The lowest BCUT2D eigenvalue weighted by Gasteiger charge is -2.28. The van der Waals surface area contributed by atoms with Gasteiger partial charge in [-0.1, -0.05) is 6.07 Å². The van der Waals surface area contributed by atoms with Gasteiger partial charge >= 0.3 is 6.09 Å². The number of carbonyl (C=O) groups excluding carboxylic acids is 1. The first-order valence-corrected chi connectivity index (χ1v) is 12.4. The summed E-state index contributed by atoms with van der Waals surface area (Å²) in [4.78, 5) is 13.7. The van der Waals surface area contributed by atoms with Crippen LogP contribution in [0.3, 0.4) is 0 Å². The summed E-state index contributed by atoms with van der Waals surface area (Å²) in [5.74, 6) is -2.50. The van der Waals surface area contributed by atoms with Gasteiger partial charge < -0.3 is 9.64 Å². The molecule has 0 saturated carbocycles. The molecule has 0 radical (unpaired) electrons. The third-order valence-electron chi connectivity index (χ3n) is 5.83. The summed E-state index contributed by atoms with van der Waals surface area (Å²) in [6, 6.07) is 6.82. The number of aromatic nitrogens is 1. The van der Waals surface area contributed by atoms with E-state index in [-0.39, 0.29) is 16.2 Å². The van der Waals surface area contributed by atoms with Crippen LogP contribution in [0, 0.1) is 17.5 Å². The lowest BCUT2D eigenvalue weighted by atomic mass is 10.1. The summed E-state index contributed by atoms with van der Waals surface area (Å²) in [6.07, 6.45) is 1.53. The summed E-state index contributed by atoms with van der Waals surface area (Å²) < 4.78 is 75.8. The van der Waals surface area contributed by atoms with Crippen LogP contribution in [-0.4, -0.2) is 36.0 Å². The van der Waals surface area contributed by atoms with Gasteiger partial charge in [-0.15, -0.1) is 0 Å². The maximum atomic E-state index is 14.9. The Labute approximate surface area is 202 Å². The Hall–Kier alpha value is -3.27. The van der Waals surface area contributed by atoms with E-state index in [1.54, 1.807) is 27.8 Å². The lowest BCUT2D eigenvalue weighted by Crippen LogP contribution is -2.36. The van der Waals surface area contributed by atoms with Gasteiger partial charge in [-0.3, -0.25) is 0 Å². The molecule has 2 aromatic carbocycles. The average Bonchev–Trinajstić information content (AvgIpc) is 3.32. The van der Waals surface area contributed by atoms with Crippen LogP contribution in [0.25, 0.3) is 11.3 Å². The van der Waals surface area contributed by atoms with Crippen LogP contribution in [0.4, 0.5) is 18.0 Å². The van der Waals surface area contributed by atoms with Crippen LogP contribution >= 0.6 is 0 Å². The molecule has 1 atom stereocenters. The summed E-state index contributed by atoms with van der Waals surface area (Å²) in [5.41, 5.74) is 0.171. The zero-order valence-electron chi connectivity index (χ0n) is 19.7. The zero-order chi connectivity index (χ0) is 25.7.